The number of carbonyl (C=O) groups is 4. The van der Waals surface area contributed by atoms with Gasteiger partial charge in [0.1, 0.15) is 5.82 Å². The third kappa shape index (κ3) is 5.06. The minimum atomic E-state index is -5.27. The Kier molecular flexibility index (Phi) is 7.72. The molecule has 4 aliphatic rings. The molecule has 2 saturated heterocycles. The zero-order valence-corrected chi connectivity index (χ0v) is 26.7. The lowest BCUT2D eigenvalue weighted by Gasteiger charge is -2.49. The van der Waals surface area contributed by atoms with E-state index < -0.39 is 110 Å². The van der Waals surface area contributed by atoms with Gasteiger partial charge in [0.2, 0.25) is 23.6 Å². The van der Waals surface area contributed by atoms with Gasteiger partial charge in [-0.1, -0.05) is 35.4 Å². The van der Waals surface area contributed by atoms with Crippen LogP contribution in [0.25, 0.3) is 0 Å². The molecule has 3 aromatic rings. The summed E-state index contributed by atoms with van der Waals surface area (Å²) in [6.07, 6.45) is -9.61. The van der Waals surface area contributed by atoms with Crippen molar-refractivity contribution >= 4 is 46.6 Å². The van der Waals surface area contributed by atoms with Gasteiger partial charge in [-0.25, -0.2) is 18.6 Å². The Hall–Kier alpha value is -4.79. The van der Waals surface area contributed by atoms with Crippen molar-refractivity contribution < 1.29 is 59.4 Å². The molecule has 7 rings (SSSR count). The first kappa shape index (κ1) is 34.6. The predicted octanol–water partition coefficient (Wildman–Crippen LogP) is 7.80. The molecule has 1 saturated carbocycles. The first-order chi connectivity index (χ1) is 23.8. The number of anilines is 2. The van der Waals surface area contributed by atoms with Gasteiger partial charge in [-0.15, -0.1) is 0 Å². The van der Waals surface area contributed by atoms with E-state index in [4.69, 9.17) is 11.6 Å². The summed E-state index contributed by atoms with van der Waals surface area (Å²) in [5.74, 6) is -13.1. The molecule has 3 aromatic carbocycles. The maximum absolute atomic E-state index is 14.9. The van der Waals surface area contributed by atoms with Crippen molar-refractivity contribution in [1.29, 1.82) is 0 Å². The molecule has 16 heteroatoms. The molecule has 2 aliphatic carbocycles. The van der Waals surface area contributed by atoms with Crippen molar-refractivity contribution in [3.8, 4) is 5.75 Å². The fourth-order valence-electron chi connectivity index (χ4n) is 8.32. The van der Waals surface area contributed by atoms with E-state index in [9.17, 15) is 59.4 Å². The van der Waals surface area contributed by atoms with Crippen molar-refractivity contribution in [3.63, 3.8) is 0 Å². The van der Waals surface area contributed by atoms with Crippen LogP contribution < -0.4 is 9.80 Å². The van der Waals surface area contributed by atoms with Crippen LogP contribution in [0.15, 0.2) is 66.2 Å². The first-order valence-electron chi connectivity index (χ1n) is 15.4. The Morgan fingerprint density at radius 1 is 0.784 bits per heavy atom. The summed E-state index contributed by atoms with van der Waals surface area (Å²) in [5, 5.41) is 10.5. The topological polar surface area (TPSA) is 95.0 Å². The minimum Gasteiger partial charge on any atom is -0.505 e. The second-order valence-electron chi connectivity index (χ2n) is 13.2. The molecule has 0 bridgehead atoms. The normalized spacial score (nSPS) is 27.8. The second-order valence-corrected chi connectivity index (χ2v) is 13.6. The van der Waals surface area contributed by atoms with Gasteiger partial charge in [-0.2, -0.15) is 26.3 Å². The Balaban J connectivity index is 1.37. The lowest BCUT2D eigenvalue weighted by atomic mass is 9.51. The van der Waals surface area contributed by atoms with Gasteiger partial charge < -0.3 is 5.11 Å². The minimum absolute atomic E-state index is 0.104. The molecule has 6 atom stereocenters. The number of carbonyl (C=O) groups excluding carboxylic acids is 4. The number of hydrogen-bond donors (Lipinski definition) is 1. The Morgan fingerprint density at radius 3 is 2.04 bits per heavy atom. The van der Waals surface area contributed by atoms with Crippen LogP contribution in [0.1, 0.15) is 42.4 Å². The summed E-state index contributed by atoms with van der Waals surface area (Å²) in [7, 11) is 0. The predicted molar refractivity (Wildman–Crippen MR) is 163 cm³/mol. The van der Waals surface area contributed by atoms with Crippen LogP contribution >= 0.6 is 11.6 Å². The molecule has 2 aliphatic heterocycles. The zero-order chi connectivity index (χ0) is 37.1. The number of nitrogens with zero attached hydrogens (tertiary/aromatic N) is 2. The van der Waals surface area contributed by atoms with Crippen LogP contribution in [0.5, 0.6) is 5.75 Å². The van der Waals surface area contributed by atoms with Crippen LogP contribution in [0.2, 0.25) is 5.02 Å². The number of hydrogen-bond acceptors (Lipinski definition) is 5. The Bertz CT molecular complexity index is 2070. The molecular weight excluding hydrogens is 716 g/mol. The van der Waals surface area contributed by atoms with E-state index in [2.05, 4.69) is 0 Å². The molecule has 4 amide bonds. The first-order valence-corrected chi connectivity index (χ1v) is 15.8. The van der Waals surface area contributed by atoms with E-state index >= 15 is 0 Å². The molecule has 3 fully saturated rings. The van der Waals surface area contributed by atoms with Crippen LogP contribution in [0.4, 0.5) is 46.5 Å². The summed E-state index contributed by atoms with van der Waals surface area (Å²) in [6, 6.07) is 7.02. The molecule has 0 aromatic heterocycles. The molecule has 266 valence electrons. The highest BCUT2D eigenvalue weighted by Crippen LogP contribution is 2.64. The number of alkyl halides is 6. The quantitative estimate of drug-likeness (QED) is 0.168. The van der Waals surface area contributed by atoms with E-state index in [0.29, 0.717) is 0 Å². The highest BCUT2D eigenvalue weighted by molar-refractivity contribution is 6.32. The number of halogens is 9. The van der Waals surface area contributed by atoms with E-state index in [1.165, 1.54) is 25.1 Å². The second kappa shape index (κ2) is 11.4. The molecular formula is C35H23ClF8N2O5. The van der Waals surface area contributed by atoms with E-state index in [0.717, 1.165) is 29.2 Å². The summed E-state index contributed by atoms with van der Waals surface area (Å²) < 4.78 is 111. The van der Waals surface area contributed by atoms with Crippen molar-refractivity contribution in [2.24, 2.45) is 29.1 Å². The average molecular weight is 739 g/mol. The van der Waals surface area contributed by atoms with Crippen molar-refractivity contribution in [3.05, 3.63) is 99.6 Å². The zero-order valence-electron chi connectivity index (χ0n) is 26.0. The monoisotopic (exact) mass is 738 g/mol. The van der Waals surface area contributed by atoms with Crippen LogP contribution in [-0.2, 0) is 31.5 Å². The molecule has 1 N–H and O–H groups in total. The van der Waals surface area contributed by atoms with Gasteiger partial charge in [0, 0.05) is 11.5 Å². The molecule has 51 heavy (non-hydrogen) atoms. The lowest BCUT2D eigenvalue weighted by Crippen LogP contribution is -2.49. The van der Waals surface area contributed by atoms with Gasteiger partial charge in [0.05, 0.1) is 50.7 Å². The van der Waals surface area contributed by atoms with E-state index in [1.807, 2.05) is 0 Å². The third-order valence-electron chi connectivity index (χ3n) is 10.6. The van der Waals surface area contributed by atoms with Gasteiger partial charge >= 0.3 is 12.4 Å². The number of amides is 4. The number of para-hydroxylation sites is 1. The highest BCUT2D eigenvalue weighted by Gasteiger charge is 2.68. The number of allylic oxidation sites excluding steroid dienone is 2. The maximum atomic E-state index is 14.9. The average Bonchev–Trinajstić information content (AvgIpc) is 3.42. The summed E-state index contributed by atoms with van der Waals surface area (Å²) >= 11 is 5.95. The van der Waals surface area contributed by atoms with E-state index in [1.54, 1.807) is 0 Å². The largest absolute Gasteiger partial charge is 0.505 e. The lowest BCUT2D eigenvalue weighted by molar-refractivity contribution is -0.143. The molecule has 2 heterocycles. The number of phenols is 1. The van der Waals surface area contributed by atoms with Gasteiger partial charge in [-0.3, -0.25) is 19.2 Å². The van der Waals surface area contributed by atoms with Crippen LogP contribution in [-0.4, -0.2) is 28.7 Å². The van der Waals surface area contributed by atoms with Crippen LogP contribution in [0, 0.1) is 40.7 Å². The number of imide groups is 2. The number of rotatable bonds is 3. The van der Waals surface area contributed by atoms with Gasteiger partial charge in [-0.05, 0) is 68.1 Å². The number of phenolic OH excluding ortho intramolecular Hbond substituents is 1. The summed E-state index contributed by atoms with van der Waals surface area (Å²) in [5.41, 5.74) is -6.20. The van der Waals surface area contributed by atoms with Gasteiger partial charge in [0.25, 0.3) is 0 Å². The van der Waals surface area contributed by atoms with Crippen LogP contribution in [0.3, 0.4) is 0 Å². The molecule has 0 unspecified atom stereocenters. The number of fused-ring (bicyclic) bond motifs is 4. The highest BCUT2D eigenvalue weighted by atomic mass is 35.5. The summed E-state index contributed by atoms with van der Waals surface area (Å²) in [4.78, 5) is 57.5. The molecule has 7 nitrogen and oxygen atoms in total. The van der Waals surface area contributed by atoms with E-state index in [-0.39, 0.29) is 52.8 Å². The van der Waals surface area contributed by atoms with Gasteiger partial charge in [0.15, 0.2) is 11.6 Å². The molecule has 0 radical (unpaired) electrons. The number of aromatic hydroxyl groups is 1. The maximum Gasteiger partial charge on any atom is 0.416 e. The molecule has 0 spiro atoms. The fourth-order valence-corrected chi connectivity index (χ4v) is 8.49. The number of benzene rings is 3. The SMILES string of the molecule is C[C@@]12C(=O)N(c3ccc(F)c(Cl)c3)C(=O)[C@@H]1C[C@@H]1C(=CC[C@@H]3C(=O)N(c4cc(C(F)(F)F)cc(C(F)(F)F)c4)C(=O)[C@@H]31)[C@@H]2c1cccc(F)c1O. The Morgan fingerprint density at radius 2 is 1.43 bits per heavy atom. The summed E-state index contributed by atoms with van der Waals surface area (Å²) in [6.45, 7) is 1.41. The van der Waals surface area contributed by atoms with Crippen molar-refractivity contribution in [2.75, 3.05) is 9.80 Å². The fraction of sp³-hybridized carbons (Fsp3) is 0.314. The third-order valence-corrected chi connectivity index (χ3v) is 10.9. The van der Waals surface area contributed by atoms with Crippen molar-refractivity contribution in [1.82, 2.24) is 0 Å². The smallest absolute Gasteiger partial charge is 0.416 e. The van der Waals surface area contributed by atoms with Crippen molar-refractivity contribution in [2.45, 2.75) is 38.0 Å². The standard InChI is InChI=1S/C35H23ClF8N2O5/c1-33-22(30(49)46(32(33)51)16-5-8-24(37)23(36)12-16)13-21-18(27(33)20-3-2-4-25(38)28(20)47)6-7-19-26(21)31(50)45(29(19)48)17-10-14(34(39,40)41)9-15(11-17)35(42,43)44/h2-6,8-12,19,21-22,26-27,47H,7,13H2,1H3/t19-,21+,22-,26-,27+,33+/m0/s1. The Labute approximate surface area is 288 Å².